The van der Waals surface area contributed by atoms with Gasteiger partial charge in [-0.2, -0.15) is 0 Å². The van der Waals surface area contributed by atoms with Gasteiger partial charge in [0.05, 0.1) is 22.8 Å². The van der Waals surface area contributed by atoms with Crippen molar-refractivity contribution in [2.45, 2.75) is 0 Å². The third kappa shape index (κ3) is 4.23. The van der Waals surface area contributed by atoms with Gasteiger partial charge in [0.15, 0.2) is 0 Å². The number of rotatable bonds is 1. The van der Waals surface area contributed by atoms with E-state index in [0.29, 0.717) is 5.56 Å². The van der Waals surface area contributed by atoms with Gasteiger partial charge in [-0.25, -0.2) is 9.97 Å². The quantitative estimate of drug-likeness (QED) is 0.224. The fraction of sp³-hybridized carbons (Fsp3) is 0. The van der Waals surface area contributed by atoms with Crippen molar-refractivity contribution in [3.63, 3.8) is 0 Å². The molecule has 0 saturated heterocycles. The molecule has 0 atom stereocenters. The minimum absolute atomic E-state index is 0. The molecule has 6 rings (SSSR count). The molecule has 4 N–H and O–H groups in total. The molecule has 0 saturated carbocycles. The second kappa shape index (κ2) is 8.19. The van der Waals surface area contributed by atoms with E-state index >= 15 is 0 Å². The Balaban J connectivity index is 0.00000228. The van der Waals surface area contributed by atoms with Crippen LogP contribution in [0.1, 0.15) is 22.8 Å². The summed E-state index contributed by atoms with van der Waals surface area (Å²) in [4.78, 5) is 16.2. The molecule has 0 radical (unpaired) electrons. The summed E-state index contributed by atoms with van der Waals surface area (Å²) >= 11 is 0. The summed E-state index contributed by atoms with van der Waals surface area (Å²) in [5.41, 5.74) is 8.49. The van der Waals surface area contributed by atoms with Crippen LogP contribution in [0.15, 0.2) is 60.7 Å². The SMILES string of the molecule is Oc1cc(O)cc(-c2cc3cc4ccc(cc5nc(cc6nc(cc2[nH]3)C=C6)C=C5)[nH]4)c1.[Zn]. The summed E-state index contributed by atoms with van der Waals surface area (Å²) in [6.07, 6.45) is 7.86. The summed E-state index contributed by atoms with van der Waals surface area (Å²) in [5, 5.41) is 20.0. The Morgan fingerprint density at radius 1 is 0.545 bits per heavy atom. The maximum atomic E-state index is 10.00. The molecule has 2 aliphatic rings. The van der Waals surface area contributed by atoms with E-state index in [-0.39, 0.29) is 31.0 Å². The number of aromatic nitrogens is 4. The van der Waals surface area contributed by atoms with Crippen LogP contribution in [0, 0.1) is 0 Å². The zero-order chi connectivity index (χ0) is 21.7. The molecule has 1 aromatic carbocycles. The number of benzene rings is 1. The summed E-state index contributed by atoms with van der Waals surface area (Å²) in [6.45, 7) is 0. The molecule has 0 amide bonds. The first-order chi connectivity index (χ1) is 15.6. The molecule has 0 fully saturated rings. The molecule has 7 heteroatoms. The first-order valence-corrected chi connectivity index (χ1v) is 10.2. The Morgan fingerprint density at radius 3 is 1.79 bits per heavy atom. The molecule has 5 heterocycles. The third-order valence-electron chi connectivity index (χ3n) is 5.38. The number of nitrogens with one attached hydrogen (secondary N) is 2. The maximum Gasteiger partial charge on any atom is 0.119 e. The van der Waals surface area contributed by atoms with Gasteiger partial charge < -0.3 is 20.2 Å². The van der Waals surface area contributed by atoms with Crippen LogP contribution in [0.25, 0.3) is 57.5 Å². The monoisotopic (exact) mass is 482 g/mol. The fourth-order valence-electron chi connectivity index (χ4n) is 4.01. The van der Waals surface area contributed by atoms with Crippen molar-refractivity contribution in [2.75, 3.05) is 0 Å². The largest absolute Gasteiger partial charge is 0.508 e. The minimum Gasteiger partial charge on any atom is -0.508 e. The van der Waals surface area contributed by atoms with E-state index < -0.39 is 0 Å². The van der Waals surface area contributed by atoms with Crippen LogP contribution in [0.3, 0.4) is 0 Å². The van der Waals surface area contributed by atoms with Crippen LogP contribution < -0.4 is 0 Å². The molecule has 156 valence electrons. The molecular formula is C26H18N4O2Zn. The van der Waals surface area contributed by atoms with Crippen LogP contribution >= 0.6 is 0 Å². The summed E-state index contributed by atoms with van der Waals surface area (Å²) in [6, 6.07) is 18.5. The molecule has 3 aromatic heterocycles. The molecule has 6 nitrogen and oxygen atoms in total. The maximum absolute atomic E-state index is 10.00. The zero-order valence-electron chi connectivity index (χ0n) is 17.6. The van der Waals surface area contributed by atoms with Crippen molar-refractivity contribution >= 4 is 46.4 Å². The first kappa shape index (κ1) is 20.9. The second-order valence-electron chi connectivity index (χ2n) is 7.83. The summed E-state index contributed by atoms with van der Waals surface area (Å²) < 4.78 is 0. The van der Waals surface area contributed by atoms with Crippen molar-refractivity contribution in [1.29, 1.82) is 0 Å². The molecule has 8 bridgehead atoms. The van der Waals surface area contributed by atoms with Crippen LogP contribution in [0.2, 0.25) is 0 Å². The molecule has 4 aromatic rings. The van der Waals surface area contributed by atoms with E-state index in [1.807, 2.05) is 66.8 Å². The Kier molecular flexibility index (Phi) is 5.19. The summed E-state index contributed by atoms with van der Waals surface area (Å²) in [5.74, 6) is 0.00986. The van der Waals surface area contributed by atoms with Crippen molar-refractivity contribution in [3.05, 3.63) is 83.4 Å². The van der Waals surface area contributed by atoms with Crippen molar-refractivity contribution < 1.29 is 29.7 Å². The van der Waals surface area contributed by atoms with Gasteiger partial charge >= 0.3 is 0 Å². The minimum atomic E-state index is 0. The van der Waals surface area contributed by atoms with Gasteiger partial charge in [-0.3, -0.25) is 0 Å². The van der Waals surface area contributed by atoms with Crippen LogP contribution in [0.5, 0.6) is 11.5 Å². The van der Waals surface area contributed by atoms with Crippen LogP contribution in [-0.4, -0.2) is 30.1 Å². The van der Waals surface area contributed by atoms with Gasteiger partial charge in [-0.05, 0) is 84.5 Å². The topological polar surface area (TPSA) is 97.8 Å². The van der Waals surface area contributed by atoms with E-state index in [2.05, 4.69) is 15.0 Å². The molecule has 33 heavy (non-hydrogen) atoms. The van der Waals surface area contributed by atoms with Crippen LogP contribution in [0.4, 0.5) is 0 Å². The van der Waals surface area contributed by atoms with Gasteiger partial charge in [0, 0.05) is 53.2 Å². The number of H-pyrrole nitrogens is 2. The zero-order valence-corrected chi connectivity index (χ0v) is 20.5. The van der Waals surface area contributed by atoms with Crippen molar-refractivity contribution in [3.8, 4) is 22.6 Å². The van der Waals surface area contributed by atoms with Crippen molar-refractivity contribution in [1.82, 2.24) is 19.9 Å². The number of phenols is 2. The van der Waals surface area contributed by atoms with Gasteiger partial charge in [-0.15, -0.1) is 0 Å². The molecule has 0 unspecified atom stereocenters. The Bertz CT molecular complexity index is 1590. The van der Waals surface area contributed by atoms with E-state index in [1.54, 1.807) is 12.1 Å². The second-order valence-corrected chi connectivity index (χ2v) is 7.83. The van der Waals surface area contributed by atoms with Gasteiger partial charge in [0.2, 0.25) is 0 Å². The average molecular weight is 484 g/mol. The fourth-order valence-corrected chi connectivity index (χ4v) is 4.01. The Hall–Kier alpha value is -3.96. The van der Waals surface area contributed by atoms with E-state index in [9.17, 15) is 10.2 Å². The Morgan fingerprint density at radius 2 is 1.12 bits per heavy atom. The summed E-state index contributed by atoms with van der Waals surface area (Å²) in [7, 11) is 0. The van der Waals surface area contributed by atoms with Gasteiger partial charge in [0.25, 0.3) is 0 Å². The number of fused-ring (bicyclic) bond motifs is 8. The molecular weight excluding hydrogens is 466 g/mol. The van der Waals surface area contributed by atoms with Gasteiger partial charge in [0.1, 0.15) is 11.5 Å². The predicted molar refractivity (Wildman–Crippen MR) is 128 cm³/mol. The standard InChI is InChI=1S/C26H18N4O2.Zn/c31-23-7-15(8-24(32)14-23)25-12-22-11-20-4-3-18(28-20)9-16-1-2-17(27-16)10-19-5-6-21(29-19)13-26(25)30-22;/h1-14,28,30-32H;. The van der Waals surface area contributed by atoms with Gasteiger partial charge in [-0.1, -0.05) is 0 Å². The predicted octanol–water partition coefficient (Wildman–Crippen LogP) is 5.73. The number of hydrogen-bond acceptors (Lipinski definition) is 4. The number of nitrogens with zero attached hydrogens (tertiary/aromatic N) is 2. The van der Waals surface area contributed by atoms with Crippen molar-refractivity contribution in [2.24, 2.45) is 0 Å². The number of hydrogen-bond donors (Lipinski definition) is 4. The average Bonchev–Trinajstić information content (AvgIpc) is 3.52. The normalized spacial score (nSPS) is 12.0. The number of aromatic amines is 2. The van der Waals surface area contributed by atoms with E-state index in [0.717, 1.165) is 50.4 Å². The smallest absolute Gasteiger partial charge is 0.119 e. The molecule has 2 aliphatic heterocycles. The van der Waals surface area contributed by atoms with E-state index in [4.69, 9.17) is 4.98 Å². The molecule has 0 spiro atoms. The number of phenolic OH excluding ortho intramolecular Hbond substituents is 2. The molecule has 0 aliphatic carbocycles. The van der Waals surface area contributed by atoms with E-state index in [1.165, 1.54) is 6.07 Å². The first-order valence-electron chi connectivity index (χ1n) is 10.2. The van der Waals surface area contributed by atoms with Crippen LogP contribution in [-0.2, 0) is 19.5 Å². The Labute approximate surface area is 201 Å². The number of aromatic hydroxyl groups is 2. The third-order valence-corrected chi connectivity index (χ3v) is 5.38.